The number of hydrogen-bond donors (Lipinski definition) is 0. The van der Waals surface area contributed by atoms with Crippen LogP contribution in [0.1, 0.15) is 15.2 Å². The Kier molecular flexibility index (Phi) is 4.45. The molecule has 0 unspecified atom stereocenters. The number of benzene rings is 1. The predicted molar refractivity (Wildman–Crippen MR) is 85.0 cm³/mol. The Labute approximate surface area is 137 Å². The molecule has 0 spiro atoms. The van der Waals surface area contributed by atoms with Crippen LogP contribution in [0.25, 0.3) is 0 Å². The van der Waals surface area contributed by atoms with Crippen molar-refractivity contribution in [2.75, 3.05) is 13.1 Å². The lowest BCUT2D eigenvalue weighted by Gasteiger charge is -2.37. The van der Waals surface area contributed by atoms with Gasteiger partial charge in [0.05, 0.1) is 15.1 Å². The van der Waals surface area contributed by atoms with Crippen molar-refractivity contribution in [3.63, 3.8) is 0 Å². The minimum Gasteiger partial charge on any atom is -0.460 e. The molecule has 1 fully saturated rings. The number of esters is 1. The molecule has 1 aliphatic rings. The maximum absolute atomic E-state index is 12.1. The molecule has 0 atom stereocenters. The highest BCUT2D eigenvalue weighted by molar-refractivity contribution is 7.17. The Balaban J connectivity index is 1.46. The van der Waals surface area contributed by atoms with Crippen LogP contribution in [0, 0.1) is 5.92 Å². The van der Waals surface area contributed by atoms with Gasteiger partial charge in [0.25, 0.3) is 5.91 Å². The first-order valence-corrected chi connectivity index (χ1v) is 8.08. The predicted octanol–water partition coefficient (Wildman–Crippen LogP) is 3.22. The third-order valence-electron chi connectivity index (χ3n) is 3.51. The molecule has 1 aliphatic heterocycles. The number of likely N-dealkylation sites (tertiary alicyclic amines) is 1. The quantitative estimate of drug-likeness (QED) is 0.806. The molecule has 0 radical (unpaired) electrons. The van der Waals surface area contributed by atoms with Gasteiger partial charge >= 0.3 is 5.97 Å². The molecule has 114 valence electrons. The maximum Gasteiger partial charge on any atom is 0.312 e. The van der Waals surface area contributed by atoms with Crippen molar-refractivity contribution >= 4 is 34.8 Å². The van der Waals surface area contributed by atoms with Gasteiger partial charge in [-0.05, 0) is 17.7 Å². The zero-order chi connectivity index (χ0) is 15.5. The van der Waals surface area contributed by atoms with E-state index < -0.39 is 0 Å². The van der Waals surface area contributed by atoms with Crippen LogP contribution >= 0.6 is 22.9 Å². The fraction of sp³-hybridized carbons (Fsp3) is 0.250. The number of nitrogens with zero attached hydrogens (tertiary/aromatic N) is 1. The number of carbonyl (C=O) groups is 2. The van der Waals surface area contributed by atoms with Gasteiger partial charge in [0.15, 0.2) is 0 Å². The average Bonchev–Trinajstić information content (AvgIpc) is 2.91. The van der Waals surface area contributed by atoms with E-state index in [-0.39, 0.29) is 24.4 Å². The highest BCUT2D eigenvalue weighted by Gasteiger charge is 2.37. The number of carbonyl (C=O) groups excluding carboxylic acids is 2. The highest BCUT2D eigenvalue weighted by atomic mass is 35.5. The van der Waals surface area contributed by atoms with Gasteiger partial charge in [0.2, 0.25) is 0 Å². The molecule has 1 saturated heterocycles. The SMILES string of the molecule is O=C(OCc1ccccc1)C1CN(C(=O)c2ccc(Cl)s2)C1. The van der Waals surface area contributed by atoms with Crippen molar-refractivity contribution in [2.45, 2.75) is 6.61 Å². The monoisotopic (exact) mass is 335 g/mol. The Morgan fingerprint density at radius 1 is 1.18 bits per heavy atom. The second-order valence-corrected chi connectivity index (χ2v) is 6.82. The summed E-state index contributed by atoms with van der Waals surface area (Å²) in [6, 6.07) is 12.9. The Morgan fingerprint density at radius 3 is 2.55 bits per heavy atom. The number of hydrogen-bond acceptors (Lipinski definition) is 4. The molecule has 0 N–H and O–H groups in total. The summed E-state index contributed by atoms with van der Waals surface area (Å²) in [5.41, 5.74) is 0.955. The van der Waals surface area contributed by atoms with Crippen LogP contribution in [0.15, 0.2) is 42.5 Å². The van der Waals surface area contributed by atoms with E-state index in [0.717, 1.165) is 5.56 Å². The van der Waals surface area contributed by atoms with Crippen molar-refractivity contribution in [1.82, 2.24) is 4.90 Å². The van der Waals surface area contributed by atoms with Crippen LogP contribution in [-0.4, -0.2) is 29.9 Å². The summed E-state index contributed by atoms with van der Waals surface area (Å²) < 4.78 is 5.86. The lowest BCUT2D eigenvalue weighted by atomic mass is 10.0. The van der Waals surface area contributed by atoms with E-state index >= 15 is 0 Å². The molecule has 22 heavy (non-hydrogen) atoms. The number of rotatable bonds is 4. The lowest BCUT2D eigenvalue weighted by molar-refractivity contribution is -0.154. The van der Waals surface area contributed by atoms with Crippen molar-refractivity contribution < 1.29 is 14.3 Å². The summed E-state index contributed by atoms with van der Waals surface area (Å²) in [6.07, 6.45) is 0. The first-order valence-electron chi connectivity index (χ1n) is 6.88. The van der Waals surface area contributed by atoms with Crippen LogP contribution in [0.5, 0.6) is 0 Å². The van der Waals surface area contributed by atoms with Gasteiger partial charge in [-0.15, -0.1) is 11.3 Å². The number of ether oxygens (including phenoxy) is 1. The Hall–Kier alpha value is -1.85. The summed E-state index contributed by atoms with van der Waals surface area (Å²) in [7, 11) is 0. The van der Waals surface area contributed by atoms with Crippen LogP contribution in [0.4, 0.5) is 0 Å². The van der Waals surface area contributed by atoms with Crippen LogP contribution in [-0.2, 0) is 16.1 Å². The zero-order valence-electron chi connectivity index (χ0n) is 11.7. The molecular formula is C16H14ClNO3S. The van der Waals surface area contributed by atoms with Gasteiger partial charge in [-0.1, -0.05) is 41.9 Å². The molecule has 1 aromatic heterocycles. The topological polar surface area (TPSA) is 46.6 Å². The fourth-order valence-corrected chi connectivity index (χ4v) is 3.24. The third-order valence-corrected chi connectivity index (χ3v) is 4.73. The van der Waals surface area contributed by atoms with Crippen molar-refractivity contribution in [2.24, 2.45) is 5.92 Å². The van der Waals surface area contributed by atoms with Gasteiger partial charge in [0, 0.05) is 13.1 Å². The van der Waals surface area contributed by atoms with E-state index in [2.05, 4.69) is 0 Å². The number of halogens is 1. The molecule has 4 nitrogen and oxygen atoms in total. The van der Waals surface area contributed by atoms with Crippen molar-refractivity contribution in [1.29, 1.82) is 0 Å². The van der Waals surface area contributed by atoms with Gasteiger partial charge in [-0.2, -0.15) is 0 Å². The van der Waals surface area contributed by atoms with Crippen molar-refractivity contribution in [3.05, 3.63) is 57.2 Å². The molecule has 0 aliphatic carbocycles. The van der Waals surface area contributed by atoms with Gasteiger partial charge < -0.3 is 9.64 Å². The molecule has 6 heteroatoms. The Bertz CT molecular complexity index is 680. The fourth-order valence-electron chi connectivity index (χ4n) is 2.23. The van der Waals surface area contributed by atoms with Crippen LogP contribution in [0.3, 0.4) is 0 Å². The normalized spacial score (nSPS) is 14.5. The highest BCUT2D eigenvalue weighted by Crippen LogP contribution is 2.26. The summed E-state index contributed by atoms with van der Waals surface area (Å²) in [4.78, 5) is 26.3. The molecular weight excluding hydrogens is 322 g/mol. The second-order valence-electron chi connectivity index (χ2n) is 5.10. The van der Waals surface area contributed by atoms with E-state index in [4.69, 9.17) is 16.3 Å². The molecule has 2 heterocycles. The summed E-state index contributed by atoms with van der Waals surface area (Å²) in [5, 5.41) is 0. The van der Waals surface area contributed by atoms with E-state index in [0.29, 0.717) is 22.3 Å². The summed E-state index contributed by atoms with van der Waals surface area (Å²) in [6.45, 7) is 1.08. The number of amides is 1. The summed E-state index contributed by atoms with van der Waals surface area (Å²) in [5.74, 6) is -0.566. The summed E-state index contributed by atoms with van der Waals surface area (Å²) >= 11 is 7.07. The molecule has 1 aromatic carbocycles. The molecule has 1 amide bonds. The average molecular weight is 336 g/mol. The molecule has 0 bridgehead atoms. The first kappa shape index (κ1) is 15.1. The third kappa shape index (κ3) is 3.31. The maximum atomic E-state index is 12.1. The molecule has 2 aromatic rings. The van der Waals surface area contributed by atoms with E-state index in [1.54, 1.807) is 17.0 Å². The van der Waals surface area contributed by atoms with Gasteiger partial charge in [0.1, 0.15) is 6.61 Å². The number of thiophene rings is 1. The second kappa shape index (κ2) is 6.50. The van der Waals surface area contributed by atoms with Crippen molar-refractivity contribution in [3.8, 4) is 0 Å². The molecule has 3 rings (SSSR count). The van der Waals surface area contributed by atoms with E-state index in [1.165, 1.54) is 11.3 Å². The van der Waals surface area contributed by atoms with Crippen LogP contribution < -0.4 is 0 Å². The first-order chi connectivity index (χ1) is 10.6. The lowest BCUT2D eigenvalue weighted by Crippen LogP contribution is -2.53. The minimum absolute atomic E-state index is 0.0796. The smallest absolute Gasteiger partial charge is 0.312 e. The Morgan fingerprint density at radius 2 is 1.91 bits per heavy atom. The standard InChI is InChI=1S/C16H14ClNO3S/c17-14-7-6-13(22-14)15(19)18-8-12(9-18)16(20)21-10-11-4-2-1-3-5-11/h1-7,12H,8-10H2. The van der Waals surface area contributed by atoms with Gasteiger partial charge in [-0.3, -0.25) is 9.59 Å². The largest absolute Gasteiger partial charge is 0.460 e. The van der Waals surface area contributed by atoms with E-state index in [1.807, 2.05) is 30.3 Å². The zero-order valence-corrected chi connectivity index (χ0v) is 13.3. The minimum atomic E-state index is -0.253. The van der Waals surface area contributed by atoms with E-state index in [9.17, 15) is 9.59 Å². The van der Waals surface area contributed by atoms with Crippen LogP contribution in [0.2, 0.25) is 4.34 Å². The molecule has 0 saturated carbocycles. The van der Waals surface area contributed by atoms with Gasteiger partial charge in [-0.25, -0.2) is 0 Å².